The molecule has 2 N–H and O–H groups in total. The van der Waals surface area contributed by atoms with E-state index in [1.54, 1.807) is 60.9 Å². The number of fused-ring (bicyclic) bond motifs is 1. The molecule has 1 saturated heterocycles. The lowest BCUT2D eigenvalue weighted by atomic mass is 9.85. The maximum atomic E-state index is 14.3. The molecule has 262 valence electrons. The van der Waals surface area contributed by atoms with Crippen molar-refractivity contribution in [3.05, 3.63) is 49.2 Å². The Balaban J connectivity index is 1.89. The minimum Gasteiger partial charge on any atom is -0.496 e. The first-order valence-corrected chi connectivity index (χ1v) is 15.7. The second-order valence-electron chi connectivity index (χ2n) is 13.5. The smallest absolute Gasteiger partial charge is 0.408 e. The van der Waals surface area contributed by atoms with Gasteiger partial charge in [0, 0.05) is 23.6 Å². The maximum Gasteiger partial charge on any atom is 0.408 e. The second-order valence-corrected chi connectivity index (χ2v) is 13.5. The van der Waals surface area contributed by atoms with Crippen LogP contribution in [0.25, 0.3) is 16.8 Å². The van der Waals surface area contributed by atoms with Crippen LogP contribution in [-0.2, 0) is 28.6 Å². The summed E-state index contributed by atoms with van der Waals surface area (Å²) in [5.41, 5.74) is -0.879. The van der Waals surface area contributed by atoms with E-state index in [-0.39, 0.29) is 26.2 Å². The highest BCUT2D eigenvalue weighted by atomic mass is 16.6. The van der Waals surface area contributed by atoms with Gasteiger partial charge < -0.3 is 39.2 Å². The molecule has 3 amide bonds. The monoisotopic (exact) mass is 668 g/mol. The van der Waals surface area contributed by atoms with Crippen molar-refractivity contribution in [1.82, 2.24) is 20.5 Å². The fourth-order valence-electron chi connectivity index (χ4n) is 5.22. The van der Waals surface area contributed by atoms with Gasteiger partial charge in [0.2, 0.25) is 17.7 Å². The van der Waals surface area contributed by atoms with Gasteiger partial charge in [0.1, 0.15) is 35.6 Å². The van der Waals surface area contributed by atoms with Crippen molar-refractivity contribution in [2.75, 3.05) is 34.0 Å². The van der Waals surface area contributed by atoms with Crippen LogP contribution < -0.4 is 20.1 Å². The molecule has 13 heteroatoms. The first-order chi connectivity index (χ1) is 22.5. The molecule has 48 heavy (non-hydrogen) atoms. The third-order valence-corrected chi connectivity index (χ3v) is 7.52. The van der Waals surface area contributed by atoms with Gasteiger partial charge in [-0.25, -0.2) is 14.6 Å². The number of likely N-dealkylation sites (tertiary alicyclic amines) is 1. The van der Waals surface area contributed by atoms with Crippen LogP contribution in [0, 0.1) is 5.41 Å². The van der Waals surface area contributed by atoms with Crippen molar-refractivity contribution in [3.8, 4) is 11.6 Å². The molecule has 4 unspecified atom stereocenters. The SMILES string of the molecule is C=CCOCC(NC(=O)OC(C)(C)C)C(=O)NC(C(=O)N1CC(Oc2nccc3cc(OC)c(C=C)cc23)CC1C(=O)OC)C(C)(C)C. The number of methoxy groups -OCH3 is 2. The van der Waals surface area contributed by atoms with Crippen molar-refractivity contribution in [3.63, 3.8) is 0 Å². The van der Waals surface area contributed by atoms with Gasteiger partial charge in [0.15, 0.2) is 0 Å². The van der Waals surface area contributed by atoms with Crippen LogP contribution in [0.4, 0.5) is 4.79 Å². The van der Waals surface area contributed by atoms with Gasteiger partial charge in [-0.3, -0.25) is 9.59 Å². The molecule has 0 saturated carbocycles. The van der Waals surface area contributed by atoms with E-state index in [4.69, 9.17) is 23.7 Å². The molecule has 13 nitrogen and oxygen atoms in total. The highest BCUT2D eigenvalue weighted by Crippen LogP contribution is 2.34. The molecule has 2 aromatic rings. The molecule has 0 aliphatic carbocycles. The third kappa shape index (κ3) is 9.69. The zero-order chi connectivity index (χ0) is 35.8. The Morgan fingerprint density at radius 3 is 2.38 bits per heavy atom. The first-order valence-electron chi connectivity index (χ1n) is 15.7. The number of benzene rings is 1. The standard InChI is InChI=1S/C35H48N4O9/c1-11-15-46-20-25(37-33(43)48-35(6,7)8)29(40)38-28(34(3,4)5)31(41)39-19-23(18-26(39)32(42)45-10)47-30-24-16-21(12-2)27(44-9)17-22(24)13-14-36-30/h11-14,16-17,23,25-26,28H,1-2,15,18-20H2,3-10H3,(H,37,43)(H,38,40). The van der Waals surface area contributed by atoms with Gasteiger partial charge in [-0.05, 0) is 49.8 Å². The number of carbonyl (C=O) groups excluding carboxylic acids is 4. The number of nitrogens with zero attached hydrogens (tertiary/aromatic N) is 2. The van der Waals surface area contributed by atoms with Crippen molar-refractivity contribution < 1.29 is 42.9 Å². The van der Waals surface area contributed by atoms with Crippen LogP contribution in [0.1, 0.15) is 53.5 Å². The molecule has 1 aromatic heterocycles. The average Bonchev–Trinajstić information content (AvgIpc) is 3.44. The maximum absolute atomic E-state index is 14.3. The third-order valence-electron chi connectivity index (χ3n) is 7.52. The highest BCUT2D eigenvalue weighted by molar-refractivity contribution is 5.94. The van der Waals surface area contributed by atoms with Gasteiger partial charge in [-0.15, -0.1) is 6.58 Å². The van der Waals surface area contributed by atoms with Crippen molar-refractivity contribution >= 4 is 40.7 Å². The normalized spacial score (nSPS) is 17.5. The number of rotatable bonds is 13. The predicted octanol–water partition coefficient (Wildman–Crippen LogP) is 4.03. The lowest BCUT2D eigenvalue weighted by molar-refractivity contribution is -0.153. The molecule has 1 fully saturated rings. The number of aromatic nitrogens is 1. The number of amides is 3. The summed E-state index contributed by atoms with van der Waals surface area (Å²) in [5.74, 6) is -0.861. The Bertz CT molecular complexity index is 1510. The Kier molecular flexibility index (Phi) is 12.6. The van der Waals surface area contributed by atoms with Crippen molar-refractivity contribution in [2.45, 2.75) is 77.8 Å². The van der Waals surface area contributed by atoms with Crippen LogP contribution in [0.2, 0.25) is 0 Å². The lowest BCUT2D eigenvalue weighted by Gasteiger charge is -2.35. The van der Waals surface area contributed by atoms with Crippen LogP contribution in [0.3, 0.4) is 0 Å². The summed E-state index contributed by atoms with van der Waals surface area (Å²) >= 11 is 0. The molecule has 1 aliphatic heterocycles. The van der Waals surface area contributed by atoms with E-state index in [0.717, 1.165) is 10.9 Å². The fourth-order valence-corrected chi connectivity index (χ4v) is 5.22. The summed E-state index contributed by atoms with van der Waals surface area (Å²) in [6.07, 6.45) is 3.45. The summed E-state index contributed by atoms with van der Waals surface area (Å²) < 4.78 is 27.7. The van der Waals surface area contributed by atoms with Gasteiger partial charge in [0.05, 0.1) is 34.0 Å². The van der Waals surface area contributed by atoms with E-state index in [9.17, 15) is 19.2 Å². The van der Waals surface area contributed by atoms with Gasteiger partial charge in [-0.2, -0.15) is 0 Å². The zero-order valence-electron chi connectivity index (χ0n) is 29.1. The summed E-state index contributed by atoms with van der Waals surface area (Å²) in [7, 11) is 2.82. The van der Waals surface area contributed by atoms with Gasteiger partial charge in [0.25, 0.3) is 0 Å². The number of nitrogens with one attached hydrogen (secondary N) is 2. The number of ether oxygens (including phenoxy) is 5. The zero-order valence-corrected chi connectivity index (χ0v) is 29.1. The largest absolute Gasteiger partial charge is 0.496 e. The molecular weight excluding hydrogens is 620 g/mol. The summed E-state index contributed by atoms with van der Waals surface area (Å²) in [4.78, 5) is 59.2. The Labute approximate surface area is 282 Å². The van der Waals surface area contributed by atoms with Crippen molar-refractivity contribution in [1.29, 1.82) is 0 Å². The molecular formula is C35H48N4O9. The number of hydrogen-bond donors (Lipinski definition) is 2. The summed E-state index contributed by atoms with van der Waals surface area (Å²) in [5, 5.41) is 6.83. The molecule has 0 bridgehead atoms. The molecule has 2 heterocycles. The average molecular weight is 669 g/mol. The number of esters is 1. The van der Waals surface area contributed by atoms with Crippen molar-refractivity contribution in [2.24, 2.45) is 5.41 Å². The van der Waals surface area contributed by atoms with E-state index in [2.05, 4.69) is 28.8 Å². The van der Waals surface area contributed by atoms with E-state index < -0.39 is 59.1 Å². The molecule has 0 spiro atoms. The van der Waals surface area contributed by atoms with E-state index >= 15 is 0 Å². The van der Waals surface area contributed by atoms with E-state index in [1.165, 1.54) is 18.1 Å². The Morgan fingerprint density at radius 1 is 1.08 bits per heavy atom. The summed E-state index contributed by atoms with van der Waals surface area (Å²) in [6, 6.07) is 2.23. The molecule has 1 aromatic carbocycles. The Morgan fingerprint density at radius 2 is 1.79 bits per heavy atom. The minimum absolute atomic E-state index is 0.0195. The lowest BCUT2D eigenvalue weighted by Crippen LogP contribution is -2.60. The van der Waals surface area contributed by atoms with Gasteiger partial charge in [-0.1, -0.05) is 39.5 Å². The molecule has 1 aliphatic rings. The minimum atomic E-state index is -1.19. The van der Waals surface area contributed by atoms with E-state index in [0.29, 0.717) is 17.0 Å². The quantitative estimate of drug-likeness (QED) is 0.182. The molecule has 4 atom stereocenters. The highest BCUT2D eigenvalue weighted by Gasteiger charge is 2.47. The van der Waals surface area contributed by atoms with Crippen LogP contribution in [0.5, 0.6) is 11.6 Å². The van der Waals surface area contributed by atoms with Crippen LogP contribution >= 0.6 is 0 Å². The van der Waals surface area contributed by atoms with Crippen LogP contribution in [-0.4, -0.2) is 97.6 Å². The number of pyridine rings is 1. The number of carbonyl (C=O) groups is 4. The first kappa shape index (κ1) is 37.8. The van der Waals surface area contributed by atoms with E-state index in [1.807, 2.05) is 18.2 Å². The topological polar surface area (TPSA) is 155 Å². The van der Waals surface area contributed by atoms with Crippen LogP contribution in [0.15, 0.2) is 43.6 Å². The second kappa shape index (κ2) is 16.0. The Hall–Kier alpha value is -4.65. The molecule has 0 radical (unpaired) electrons. The number of hydrogen-bond acceptors (Lipinski definition) is 10. The number of alkyl carbamates (subject to hydrolysis) is 1. The predicted molar refractivity (Wildman–Crippen MR) is 180 cm³/mol. The summed E-state index contributed by atoms with van der Waals surface area (Å²) in [6.45, 7) is 17.8. The molecule has 3 rings (SSSR count). The fraction of sp³-hybridized carbons (Fsp3) is 0.514. The van der Waals surface area contributed by atoms with Gasteiger partial charge >= 0.3 is 12.1 Å².